The molecule has 0 aliphatic heterocycles. The minimum Gasteiger partial charge on any atom is -0.378 e. The molecule has 0 aliphatic carbocycles. The van der Waals surface area contributed by atoms with Crippen LogP contribution >= 0.6 is 0 Å². The van der Waals surface area contributed by atoms with Gasteiger partial charge in [0.25, 0.3) is 0 Å². The molecule has 0 spiro atoms. The van der Waals surface area contributed by atoms with Crippen LogP contribution in [-0.4, -0.2) is 18.7 Å². The molecule has 0 amide bonds. The third kappa shape index (κ3) is 2.93. The van der Waals surface area contributed by atoms with Gasteiger partial charge >= 0.3 is 6.18 Å². The summed E-state index contributed by atoms with van der Waals surface area (Å²) in [7, 11) is 5.79. The summed E-state index contributed by atoms with van der Waals surface area (Å²) in [6.07, 6.45) is -4.34. The lowest BCUT2D eigenvalue weighted by molar-refractivity contribution is -0.137. The van der Waals surface area contributed by atoms with Gasteiger partial charge in [-0.25, -0.2) is 0 Å². The summed E-state index contributed by atoms with van der Waals surface area (Å²) < 4.78 is 41.0. The van der Waals surface area contributed by atoms with Crippen LogP contribution in [0.3, 0.4) is 0 Å². The second-order valence-corrected chi connectivity index (χ2v) is 6.96. The molecule has 138 valence electrons. The van der Waals surface area contributed by atoms with Gasteiger partial charge in [0, 0.05) is 48.6 Å². The second kappa shape index (κ2) is 6.05. The number of hydrogen-bond acceptors (Lipinski definition) is 1. The van der Waals surface area contributed by atoms with E-state index in [0.717, 1.165) is 39.2 Å². The van der Waals surface area contributed by atoms with E-state index in [9.17, 15) is 13.2 Å². The number of benzene rings is 3. The summed E-state index contributed by atoms with van der Waals surface area (Å²) in [6.45, 7) is 0. The molecule has 4 rings (SSSR count). The van der Waals surface area contributed by atoms with Gasteiger partial charge < -0.3 is 9.47 Å². The van der Waals surface area contributed by atoms with Gasteiger partial charge in [-0.1, -0.05) is 30.3 Å². The molecule has 0 bridgehead atoms. The van der Waals surface area contributed by atoms with E-state index in [-0.39, 0.29) is 0 Å². The molecule has 0 atom stereocenters. The van der Waals surface area contributed by atoms with Crippen LogP contribution in [0.15, 0.2) is 60.7 Å². The number of alkyl halides is 3. The zero-order valence-corrected chi connectivity index (χ0v) is 15.3. The lowest BCUT2D eigenvalue weighted by atomic mass is 10.0. The Balaban J connectivity index is 1.87. The Kier molecular flexibility index (Phi) is 3.91. The first-order chi connectivity index (χ1) is 12.8. The minimum absolute atomic E-state index is 0.583. The van der Waals surface area contributed by atoms with Gasteiger partial charge in [-0.05, 0) is 41.5 Å². The first-order valence-corrected chi connectivity index (χ1v) is 8.63. The highest BCUT2D eigenvalue weighted by Crippen LogP contribution is 2.36. The van der Waals surface area contributed by atoms with Crippen molar-refractivity contribution in [3.8, 4) is 11.1 Å². The molecule has 0 radical (unpaired) electrons. The van der Waals surface area contributed by atoms with Gasteiger partial charge in [0.05, 0.1) is 5.56 Å². The van der Waals surface area contributed by atoms with Gasteiger partial charge in [-0.2, -0.15) is 13.2 Å². The van der Waals surface area contributed by atoms with Crippen LogP contribution in [-0.2, 0) is 13.2 Å². The Morgan fingerprint density at radius 1 is 0.741 bits per heavy atom. The molecule has 27 heavy (non-hydrogen) atoms. The first kappa shape index (κ1) is 17.5. The van der Waals surface area contributed by atoms with Crippen molar-refractivity contribution in [2.24, 2.45) is 7.05 Å². The van der Waals surface area contributed by atoms with Crippen molar-refractivity contribution in [1.29, 1.82) is 0 Å². The molecule has 0 saturated heterocycles. The summed E-state index contributed by atoms with van der Waals surface area (Å²) in [5.74, 6) is 0. The SMILES string of the molecule is CN(C)c1ccc(-c2ccc3c4ccc(C(F)(F)F)cc4n(C)c3c2)cc1. The number of halogens is 3. The monoisotopic (exact) mass is 368 g/mol. The lowest BCUT2D eigenvalue weighted by Gasteiger charge is -2.12. The van der Waals surface area contributed by atoms with E-state index in [1.54, 1.807) is 6.07 Å². The highest BCUT2D eigenvalue weighted by atomic mass is 19.4. The maximum absolute atomic E-state index is 13.1. The predicted molar refractivity (Wildman–Crippen MR) is 105 cm³/mol. The smallest absolute Gasteiger partial charge is 0.378 e. The molecule has 0 N–H and O–H groups in total. The Hall–Kier alpha value is -2.95. The zero-order chi connectivity index (χ0) is 19.3. The molecule has 5 heteroatoms. The fourth-order valence-electron chi connectivity index (χ4n) is 3.51. The van der Waals surface area contributed by atoms with E-state index in [1.807, 2.05) is 48.8 Å². The van der Waals surface area contributed by atoms with Crippen LogP contribution in [0.4, 0.5) is 18.9 Å². The van der Waals surface area contributed by atoms with E-state index in [0.29, 0.717) is 5.52 Å². The van der Waals surface area contributed by atoms with Crippen LogP contribution in [0, 0.1) is 0 Å². The van der Waals surface area contributed by atoms with Crippen LogP contribution < -0.4 is 4.90 Å². The van der Waals surface area contributed by atoms with Crippen molar-refractivity contribution < 1.29 is 13.2 Å². The summed E-state index contributed by atoms with van der Waals surface area (Å²) in [6, 6.07) is 18.2. The van der Waals surface area contributed by atoms with Gasteiger partial charge in [0.1, 0.15) is 0 Å². The molecule has 1 heterocycles. The molecule has 0 aliphatic rings. The van der Waals surface area contributed by atoms with E-state index < -0.39 is 11.7 Å². The molecule has 3 aromatic carbocycles. The second-order valence-electron chi connectivity index (χ2n) is 6.96. The lowest BCUT2D eigenvalue weighted by Crippen LogP contribution is -2.07. The number of fused-ring (bicyclic) bond motifs is 3. The van der Waals surface area contributed by atoms with Crippen LogP contribution in [0.25, 0.3) is 32.9 Å². The van der Waals surface area contributed by atoms with E-state index in [1.165, 1.54) is 6.07 Å². The molecule has 0 fully saturated rings. The molecule has 2 nitrogen and oxygen atoms in total. The highest BCUT2D eigenvalue weighted by Gasteiger charge is 2.31. The number of hydrogen-bond donors (Lipinski definition) is 0. The Bertz CT molecular complexity index is 1140. The summed E-state index contributed by atoms with van der Waals surface area (Å²) in [5.41, 5.74) is 4.10. The number of aryl methyl sites for hydroxylation is 1. The van der Waals surface area contributed by atoms with Crippen molar-refractivity contribution in [3.05, 3.63) is 66.2 Å². The standard InChI is InChI=1S/C22H19F3N2/c1-26(2)17-8-4-14(5-9-17)15-6-10-18-19-11-7-16(22(23,24)25)13-21(19)27(3)20(18)12-15/h4-13H,1-3H3. The molecular weight excluding hydrogens is 349 g/mol. The van der Waals surface area contributed by atoms with E-state index in [2.05, 4.69) is 24.3 Å². The first-order valence-electron chi connectivity index (χ1n) is 8.63. The van der Waals surface area contributed by atoms with Crippen LogP contribution in [0.1, 0.15) is 5.56 Å². The third-order valence-corrected chi connectivity index (χ3v) is 5.05. The fraction of sp³-hybridized carbons (Fsp3) is 0.182. The summed E-state index contributed by atoms with van der Waals surface area (Å²) >= 11 is 0. The minimum atomic E-state index is -4.34. The number of nitrogens with zero attached hydrogens (tertiary/aromatic N) is 2. The van der Waals surface area contributed by atoms with E-state index >= 15 is 0 Å². The summed E-state index contributed by atoms with van der Waals surface area (Å²) in [4.78, 5) is 2.04. The zero-order valence-electron chi connectivity index (χ0n) is 15.3. The Morgan fingerprint density at radius 2 is 1.30 bits per heavy atom. The third-order valence-electron chi connectivity index (χ3n) is 5.05. The van der Waals surface area contributed by atoms with Crippen molar-refractivity contribution >= 4 is 27.5 Å². The Morgan fingerprint density at radius 3 is 1.89 bits per heavy atom. The topological polar surface area (TPSA) is 8.17 Å². The normalized spacial score (nSPS) is 12.1. The largest absolute Gasteiger partial charge is 0.416 e. The van der Waals surface area contributed by atoms with Crippen LogP contribution in [0.5, 0.6) is 0 Å². The summed E-state index contributed by atoms with van der Waals surface area (Å²) in [5, 5.41) is 1.78. The molecular formula is C22H19F3N2. The number of anilines is 1. The van der Waals surface area contributed by atoms with Gasteiger partial charge in [0.2, 0.25) is 0 Å². The Labute approximate surface area is 155 Å². The van der Waals surface area contributed by atoms with Crippen molar-refractivity contribution in [2.45, 2.75) is 6.18 Å². The number of rotatable bonds is 2. The van der Waals surface area contributed by atoms with E-state index in [4.69, 9.17) is 0 Å². The maximum atomic E-state index is 13.1. The van der Waals surface area contributed by atoms with Gasteiger partial charge in [-0.3, -0.25) is 0 Å². The molecule has 0 unspecified atom stereocenters. The van der Waals surface area contributed by atoms with Crippen molar-refractivity contribution in [2.75, 3.05) is 19.0 Å². The fourth-order valence-corrected chi connectivity index (χ4v) is 3.51. The quantitative estimate of drug-likeness (QED) is 0.416. The highest BCUT2D eigenvalue weighted by molar-refractivity contribution is 6.09. The van der Waals surface area contributed by atoms with Gasteiger partial charge in [-0.15, -0.1) is 0 Å². The van der Waals surface area contributed by atoms with Crippen molar-refractivity contribution in [3.63, 3.8) is 0 Å². The van der Waals surface area contributed by atoms with Crippen molar-refractivity contribution in [1.82, 2.24) is 4.57 Å². The molecule has 0 saturated carbocycles. The van der Waals surface area contributed by atoms with Crippen LogP contribution in [0.2, 0.25) is 0 Å². The van der Waals surface area contributed by atoms with Gasteiger partial charge in [0.15, 0.2) is 0 Å². The predicted octanol–water partition coefficient (Wildman–Crippen LogP) is 6.08. The average Bonchev–Trinajstić information content (AvgIpc) is 2.93. The number of aromatic nitrogens is 1. The molecule has 1 aromatic heterocycles. The average molecular weight is 368 g/mol. The molecule has 4 aromatic rings. The maximum Gasteiger partial charge on any atom is 0.416 e.